The van der Waals surface area contributed by atoms with Crippen LogP contribution in [-0.4, -0.2) is 22.2 Å². The molecule has 0 atom stereocenters. The number of rotatable bonds is 3. The molecule has 1 aromatic carbocycles. The number of carbonyl (C=O) groups excluding carboxylic acids is 1. The Hall–Kier alpha value is -2.84. The first-order chi connectivity index (χ1) is 9.85. The van der Waals surface area contributed by atoms with Crippen LogP contribution in [0.2, 0.25) is 0 Å². The molecule has 2 aromatic rings. The molecule has 1 aromatic heterocycles. The summed E-state index contributed by atoms with van der Waals surface area (Å²) in [7, 11) is 0. The van der Waals surface area contributed by atoms with Crippen LogP contribution in [0, 0.1) is 0 Å². The second kappa shape index (κ2) is 5.65. The molecule has 0 saturated heterocycles. The molecule has 0 aliphatic heterocycles. The van der Waals surface area contributed by atoms with Crippen LogP contribution in [0.3, 0.4) is 0 Å². The normalized spacial score (nSPS) is 11.0. The van der Waals surface area contributed by atoms with Gasteiger partial charge in [0.05, 0.1) is 23.8 Å². The predicted octanol–water partition coefficient (Wildman–Crippen LogP) is 2.21. The minimum atomic E-state index is -4.85. The number of carbonyl (C=O) groups is 1. The van der Waals surface area contributed by atoms with E-state index < -0.39 is 18.0 Å². The Kier molecular flexibility index (Phi) is 3.92. The number of anilines is 2. The van der Waals surface area contributed by atoms with Gasteiger partial charge in [-0.2, -0.15) is 0 Å². The quantitative estimate of drug-likeness (QED) is 0.848. The van der Waals surface area contributed by atoms with E-state index in [0.29, 0.717) is 5.69 Å². The van der Waals surface area contributed by atoms with E-state index in [2.05, 4.69) is 20.0 Å². The van der Waals surface area contributed by atoms with Crippen molar-refractivity contribution in [1.82, 2.24) is 9.97 Å². The number of hydrogen-bond donors (Lipinski definition) is 2. The van der Waals surface area contributed by atoms with Crippen molar-refractivity contribution in [2.75, 3.05) is 11.1 Å². The molecule has 0 spiro atoms. The Morgan fingerprint density at radius 2 is 1.90 bits per heavy atom. The van der Waals surface area contributed by atoms with Gasteiger partial charge in [0.15, 0.2) is 5.75 Å². The fraction of sp³-hybridized carbons (Fsp3) is 0.0833. The molecule has 21 heavy (non-hydrogen) atoms. The van der Waals surface area contributed by atoms with Crippen LogP contribution in [0.25, 0.3) is 0 Å². The molecular formula is C12H9F3N4O2. The Morgan fingerprint density at radius 3 is 2.48 bits per heavy atom. The van der Waals surface area contributed by atoms with E-state index in [4.69, 9.17) is 5.73 Å². The Balaban J connectivity index is 2.14. The third-order valence-electron chi connectivity index (χ3n) is 2.32. The second-order valence-corrected chi connectivity index (χ2v) is 3.88. The molecular weight excluding hydrogens is 289 g/mol. The van der Waals surface area contributed by atoms with Gasteiger partial charge in [0.1, 0.15) is 6.33 Å². The average molecular weight is 298 g/mol. The van der Waals surface area contributed by atoms with E-state index in [1.165, 1.54) is 18.7 Å². The van der Waals surface area contributed by atoms with Gasteiger partial charge < -0.3 is 15.8 Å². The molecule has 1 heterocycles. The SMILES string of the molecule is Nc1cc(C(=O)Nc2cncnc2)ccc1OC(F)(F)F. The zero-order valence-electron chi connectivity index (χ0n) is 10.4. The minimum absolute atomic E-state index is 0.0749. The lowest BCUT2D eigenvalue weighted by Gasteiger charge is -2.12. The number of nitrogens with two attached hydrogens (primary N) is 1. The molecule has 0 radical (unpaired) electrons. The van der Waals surface area contributed by atoms with E-state index in [0.717, 1.165) is 18.2 Å². The summed E-state index contributed by atoms with van der Waals surface area (Å²) in [5.41, 5.74) is 5.55. The number of benzene rings is 1. The maximum Gasteiger partial charge on any atom is 0.573 e. The molecule has 2 rings (SSSR count). The van der Waals surface area contributed by atoms with E-state index in [1.807, 2.05) is 0 Å². The number of halogens is 3. The van der Waals surface area contributed by atoms with Crippen molar-refractivity contribution < 1.29 is 22.7 Å². The van der Waals surface area contributed by atoms with Crippen molar-refractivity contribution in [1.29, 1.82) is 0 Å². The molecule has 0 aliphatic carbocycles. The van der Waals surface area contributed by atoms with Crippen molar-refractivity contribution >= 4 is 17.3 Å². The molecule has 0 aliphatic rings. The summed E-state index contributed by atoms with van der Waals surface area (Å²) < 4.78 is 40.0. The van der Waals surface area contributed by atoms with Crippen molar-refractivity contribution in [3.8, 4) is 5.75 Å². The van der Waals surface area contributed by atoms with Crippen LogP contribution < -0.4 is 15.8 Å². The number of amides is 1. The van der Waals surface area contributed by atoms with Crippen molar-refractivity contribution in [2.45, 2.75) is 6.36 Å². The Bertz CT molecular complexity index is 647. The lowest BCUT2D eigenvalue weighted by Crippen LogP contribution is -2.18. The van der Waals surface area contributed by atoms with Crippen LogP contribution in [-0.2, 0) is 0 Å². The lowest BCUT2D eigenvalue weighted by molar-refractivity contribution is -0.274. The number of nitrogen functional groups attached to an aromatic ring is 1. The van der Waals surface area contributed by atoms with E-state index in [1.54, 1.807) is 0 Å². The minimum Gasteiger partial charge on any atom is -0.404 e. The summed E-state index contributed by atoms with van der Waals surface area (Å²) >= 11 is 0. The van der Waals surface area contributed by atoms with Crippen LogP contribution in [0.4, 0.5) is 24.5 Å². The van der Waals surface area contributed by atoms with Crippen molar-refractivity contribution in [2.24, 2.45) is 0 Å². The van der Waals surface area contributed by atoms with Gasteiger partial charge in [0, 0.05) is 5.56 Å². The number of aromatic nitrogens is 2. The third kappa shape index (κ3) is 4.06. The van der Waals surface area contributed by atoms with Gasteiger partial charge in [-0.15, -0.1) is 13.2 Å². The first-order valence-corrected chi connectivity index (χ1v) is 5.57. The van der Waals surface area contributed by atoms with Gasteiger partial charge in [-0.3, -0.25) is 4.79 Å². The molecule has 3 N–H and O–H groups in total. The zero-order valence-corrected chi connectivity index (χ0v) is 10.4. The molecule has 6 nitrogen and oxygen atoms in total. The topological polar surface area (TPSA) is 90.1 Å². The number of nitrogens with one attached hydrogen (secondary N) is 1. The smallest absolute Gasteiger partial charge is 0.404 e. The predicted molar refractivity (Wildman–Crippen MR) is 67.5 cm³/mol. The van der Waals surface area contributed by atoms with Crippen LogP contribution in [0.15, 0.2) is 36.9 Å². The van der Waals surface area contributed by atoms with Gasteiger partial charge in [-0.25, -0.2) is 9.97 Å². The standard InChI is InChI=1S/C12H9F3N4O2/c13-12(14,15)21-10-2-1-7(3-9(10)16)11(20)19-8-4-17-6-18-5-8/h1-6H,16H2,(H,19,20). The zero-order chi connectivity index (χ0) is 15.5. The number of nitrogens with zero attached hydrogens (tertiary/aromatic N) is 2. The highest BCUT2D eigenvalue weighted by Gasteiger charge is 2.32. The monoisotopic (exact) mass is 298 g/mol. The summed E-state index contributed by atoms with van der Waals surface area (Å²) in [6.45, 7) is 0. The molecule has 0 fully saturated rings. The average Bonchev–Trinajstić information content (AvgIpc) is 2.40. The molecule has 0 saturated carbocycles. The lowest BCUT2D eigenvalue weighted by atomic mass is 10.1. The van der Waals surface area contributed by atoms with Gasteiger partial charge >= 0.3 is 6.36 Å². The summed E-state index contributed by atoms with van der Waals surface area (Å²) in [5, 5.41) is 2.47. The Labute approximate surface area is 116 Å². The maximum absolute atomic E-state index is 12.1. The van der Waals surface area contributed by atoms with Gasteiger partial charge in [-0.1, -0.05) is 0 Å². The van der Waals surface area contributed by atoms with Crippen LogP contribution in [0.1, 0.15) is 10.4 Å². The van der Waals surface area contributed by atoms with Gasteiger partial charge in [0.2, 0.25) is 0 Å². The third-order valence-corrected chi connectivity index (χ3v) is 2.32. The number of alkyl halides is 3. The van der Waals surface area contributed by atoms with Crippen LogP contribution >= 0.6 is 0 Å². The largest absolute Gasteiger partial charge is 0.573 e. The summed E-state index contributed by atoms with van der Waals surface area (Å²) in [6.07, 6.45) is -0.818. The second-order valence-electron chi connectivity index (χ2n) is 3.88. The highest BCUT2D eigenvalue weighted by molar-refractivity contribution is 6.04. The van der Waals surface area contributed by atoms with Gasteiger partial charge in [0.25, 0.3) is 5.91 Å². The first kappa shape index (κ1) is 14.6. The highest BCUT2D eigenvalue weighted by atomic mass is 19.4. The highest BCUT2D eigenvalue weighted by Crippen LogP contribution is 2.29. The fourth-order valence-electron chi connectivity index (χ4n) is 1.47. The summed E-state index contributed by atoms with van der Waals surface area (Å²) in [5.74, 6) is -1.13. The van der Waals surface area contributed by atoms with Gasteiger partial charge in [-0.05, 0) is 18.2 Å². The number of ether oxygens (including phenoxy) is 1. The summed E-state index contributed by atoms with van der Waals surface area (Å²) in [6, 6.07) is 3.22. The Morgan fingerprint density at radius 1 is 1.24 bits per heavy atom. The fourth-order valence-corrected chi connectivity index (χ4v) is 1.47. The van der Waals surface area contributed by atoms with Crippen molar-refractivity contribution in [3.05, 3.63) is 42.5 Å². The van der Waals surface area contributed by atoms with E-state index in [9.17, 15) is 18.0 Å². The maximum atomic E-state index is 12.1. The molecule has 9 heteroatoms. The number of hydrogen-bond acceptors (Lipinski definition) is 5. The van der Waals surface area contributed by atoms with Crippen molar-refractivity contribution in [3.63, 3.8) is 0 Å². The van der Waals surface area contributed by atoms with E-state index >= 15 is 0 Å². The molecule has 1 amide bonds. The molecule has 0 unspecified atom stereocenters. The summed E-state index contributed by atoms with van der Waals surface area (Å²) in [4.78, 5) is 19.3. The molecule has 0 bridgehead atoms. The first-order valence-electron chi connectivity index (χ1n) is 5.57. The van der Waals surface area contributed by atoms with Crippen LogP contribution in [0.5, 0.6) is 5.75 Å². The van der Waals surface area contributed by atoms with E-state index in [-0.39, 0.29) is 11.3 Å². The molecule has 110 valence electrons.